The van der Waals surface area contributed by atoms with Gasteiger partial charge in [0.25, 0.3) is 0 Å². The number of oxazole rings is 1. The summed E-state index contributed by atoms with van der Waals surface area (Å²) in [6.45, 7) is -0.217. The number of amides is 2. The summed E-state index contributed by atoms with van der Waals surface area (Å²) in [6, 6.07) is 5.03. The molecule has 4 rings (SSSR count). The number of carbonyl (C=O) groups is 2. The summed E-state index contributed by atoms with van der Waals surface area (Å²) in [7, 11) is 0. The highest BCUT2D eigenvalue weighted by molar-refractivity contribution is 6.31. The molecular weight excluding hydrogens is 467 g/mol. The third-order valence-corrected chi connectivity index (χ3v) is 6.08. The van der Waals surface area contributed by atoms with E-state index in [1.54, 1.807) is 18.2 Å². The quantitative estimate of drug-likeness (QED) is 0.605. The van der Waals surface area contributed by atoms with Gasteiger partial charge in [-0.1, -0.05) is 11.6 Å². The molecule has 2 fully saturated rings. The Bertz CT molecular complexity index is 1000. The predicted molar refractivity (Wildman–Crippen MR) is 111 cm³/mol. The van der Waals surface area contributed by atoms with Gasteiger partial charge >= 0.3 is 12.4 Å². The zero-order chi connectivity index (χ0) is 23.6. The molecule has 0 atom stereocenters. The van der Waals surface area contributed by atoms with Crippen molar-refractivity contribution in [1.29, 1.82) is 0 Å². The van der Waals surface area contributed by atoms with E-state index in [0.717, 1.165) is 0 Å². The van der Waals surface area contributed by atoms with Crippen LogP contribution in [0.15, 0.2) is 22.6 Å². The summed E-state index contributed by atoms with van der Waals surface area (Å²) in [5.74, 6) is -0.747. The highest BCUT2D eigenvalue weighted by Gasteiger charge is 2.40. The molecule has 0 bridgehead atoms. The first-order chi connectivity index (χ1) is 15.6. The van der Waals surface area contributed by atoms with E-state index < -0.39 is 18.6 Å². The van der Waals surface area contributed by atoms with Crippen LogP contribution in [0, 0.1) is 5.92 Å². The molecule has 0 saturated heterocycles. The van der Waals surface area contributed by atoms with E-state index in [-0.39, 0.29) is 49.2 Å². The standard InChI is InChI=1S/C21H23ClF3N3O5/c22-12-3-6-17-16(7-12)27-20(32-17)28-19(30)11-1-4-13(5-2-11)26-18(29)10-31-14-8-15(9-14)33-21(23,24)25/h3,6-7,11,13-15H,1-2,4-5,8-10H2,(H,26,29)(H,27,28,30)/t11-,13-,14-,15+. The lowest BCUT2D eigenvalue weighted by molar-refractivity contribution is -0.357. The largest absolute Gasteiger partial charge is 0.522 e. The molecule has 0 aliphatic heterocycles. The average Bonchev–Trinajstić information content (AvgIpc) is 3.10. The van der Waals surface area contributed by atoms with E-state index in [1.165, 1.54) is 0 Å². The van der Waals surface area contributed by atoms with Gasteiger partial charge in [-0.15, -0.1) is 13.2 Å². The number of fused-ring (bicyclic) bond motifs is 1. The van der Waals surface area contributed by atoms with Crippen molar-refractivity contribution in [1.82, 2.24) is 10.3 Å². The Labute approximate surface area is 192 Å². The predicted octanol–water partition coefficient (Wildman–Crippen LogP) is 4.18. The van der Waals surface area contributed by atoms with Gasteiger partial charge in [0.1, 0.15) is 12.1 Å². The van der Waals surface area contributed by atoms with E-state index in [1.807, 2.05) is 0 Å². The Morgan fingerprint density at radius 2 is 1.88 bits per heavy atom. The van der Waals surface area contributed by atoms with Crippen molar-refractivity contribution in [2.75, 3.05) is 11.9 Å². The second kappa shape index (κ2) is 9.86. The van der Waals surface area contributed by atoms with Crippen LogP contribution in [0.3, 0.4) is 0 Å². The molecule has 2 saturated carbocycles. The second-order valence-corrected chi connectivity index (χ2v) is 8.76. The molecule has 180 valence electrons. The number of anilines is 1. The van der Waals surface area contributed by atoms with Gasteiger partial charge < -0.3 is 14.5 Å². The van der Waals surface area contributed by atoms with Gasteiger partial charge in [-0.25, -0.2) is 0 Å². The van der Waals surface area contributed by atoms with Gasteiger partial charge in [0.05, 0.1) is 12.2 Å². The van der Waals surface area contributed by atoms with Crippen molar-refractivity contribution in [3.05, 3.63) is 23.2 Å². The summed E-state index contributed by atoms with van der Waals surface area (Å²) < 4.78 is 51.1. The van der Waals surface area contributed by atoms with E-state index in [9.17, 15) is 22.8 Å². The molecule has 33 heavy (non-hydrogen) atoms. The van der Waals surface area contributed by atoms with Crippen LogP contribution in [-0.4, -0.2) is 48.0 Å². The van der Waals surface area contributed by atoms with E-state index in [4.69, 9.17) is 20.8 Å². The maximum atomic E-state index is 12.5. The van der Waals surface area contributed by atoms with Crippen LogP contribution in [0.5, 0.6) is 0 Å². The molecule has 2 aliphatic rings. The van der Waals surface area contributed by atoms with Gasteiger partial charge in [0.15, 0.2) is 5.58 Å². The number of halogens is 4. The summed E-state index contributed by atoms with van der Waals surface area (Å²) in [4.78, 5) is 28.8. The van der Waals surface area contributed by atoms with Gasteiger partial charge in [-0.3, -0.25) is 19.6 Å². The molecule has 8 nitrogen and oxygen atoms in total. The third-order valence-electron chi connectivity index (χ3n) is 5.84. The zero-order valence-electron chi connectivity index (χ0n) is 17.5. The van der Waals surface area contributed by atoms with E-state index >= 15 is 0 Å². The zero-order valence-corrected chi connectivity index (χ0v) is 18.2. The van der Waals surface area contributed by atoms with Crippen molar-refractivity contribution in [3.63, 3.8) is 0 Å². The van der Waals surface area contributed by atoms with Crippen molar-refractivity contribution in [2.24, 2.45) is 5.92 Å². The van der Waals surface area contributed by atoms with Crippen molar-refractivity contribution in [2.45, 2.75) is 63.1 Å². The lowest BCUT2D eigenvalue weighted by atomic mass is 9.85. The number of benzene rings is 1. The van der Waals surface area contributed by atoms with Crippen LogP contribution < -0.4 is 10.6 Å². The Morgan fingerprint density at radius 1 is 1.15 bits per heavy atom. The van der Waals surface area contributed by atoms with Crippen LogP contribution >= 0.6 is 11.6 Å². The van der Waals surface area contributed by atoms with Crippen LogP contribution in [-0.2, 0) is 19.1 Å². The van der Waals surface area contributed by atoms with Gasteiger partial charge in [-0.2, -0.15) is 4.98 Å². The Morgan fingerprint density at radius 3 is 2.58 bits per heavy atom. The molecule has 12 heteroatoms. The smallest absolute Gasteiger partial charge is 0.423 e. The molecule has 0 spiro atoms. The first kappa shape index (κ1) is 23.8. The van der Waals surface area contributed by atoms with Crippen molar-refractivity contribution < 1.29 is 36.7 Å². The first-order valence-corrected chi connectivity index (χ1v) is 11.0. The van der Waals surface area contributed by atoms with Gasteiger partial charge in [-0.05, 0) is 43.9 Å². The molecule has 2 N–H and O–H groups in total. The number of nitrogens with one attached hydrogen (secondary N) is 2. The summed E-state index contributed by atoms with van der Waals surface area (Å²) in [6.07, 6.45) is -3.33. The topological polar surface area (TPSA) is 103 Å². The van der Waals surface area contributed by atoms with Crippen LogP contribution in [0.1, 0.15) is 38.5 Å². The number of aromatic nitrogens is 1. The summed E-state index contributed by atoms with van der Waals surface area (Å²) in [5, 5.41) is 6.07. The van der Waals surface area contributed by atoms with Crippen molar-refractivity contribution in [3.8, 4) is 0 Å². The summed E-state index contributed by atoms with van der Waals surface area (Å²) in [5.41, 5.74) is 1.07. The number of carbonyl (C=O) groups excluding carboxylic acids is 2. The normalized spacial score (nSPS) is 25.5. The molecule has 1 aromatic carbocycles. The maximum absolute atomic E-state index is 12.5. The number of ether oxygens (including phenoxy) is 2. The van der Waals surface area contributed by atoms with Crippen LogP contribution in [0.25, 0.3) is 11.1 Å². The average molecular weight is 490 g/mol. The van der Waals surface area contributed by atoms with Gasteiger partial charge in [0.2, 0.25) is 11.8 Å². The minimum Gasteiger partial charge on any atom is -0.423 e. The molecule has 0 unspecified atom stereocenters. The Hall–Kier alpha value is -2.37. The minimum absolute atomic E-state index is 0.0840. The molecular formula is C21H23ClF3N3O5. The monoisotopic (exact) mass is 489 g/mol. The van der Waals surface area contributed by atoms with E-state index in [0.29, 0.717) is 41.8 Å². The third kappa shape index (κ3) is 6.58. The van der Waals surface area contributed by atoms with E-state index in [2.05, 4.69) is 20.4 Å². The Balaban J connectivity index is 1.14. The fourth-order valence-corrected chi connectivity index (χ4v) is 4.23. The first-order valence-electron chi connectivity index (χ1n) is 10.7. The van der Waals surface area contributed by atoms with Crippen LogP contribution in [0.4, 0.5) is 19.2 Å². The lowest BCUT2D eigenvalue weighted by Crippen LogP contribution is -2.44. The fraction of sp³-hybridized carbons (Fsp3) is 0.571. The SMILES string of the molecule is O=C(CO[C@H]1C[C@@H](OC(F)(F)F)C1)N[C@H]1CC[C@H](C(=O)Nc2nc3cc(Cl)ccc3o2)CC1. The number of nitrogens with zero attached hydrogens (tertiary/aromatic N) is 1. The lowest BCUT2D eigenvalue weighted by Gasteiger charge is -2.35. The number of hydrogen-bond acceptors (Lipinski definition) is 6. The summed E-state index contributed by atoms with van der Waals surface area (Å²) >= 11 is 5.93. The molecule has 2 amide bonds. The molecule has 2 aromatic rings. The highest BCUT2D eigenvalue weighted by Crippen LogP contribution is 2.32. The van der Waals surface area contributed by atoms with Crippen LogP contribution in [0.2, 0.25) is 5.02 Å². The molecule has 2 aliphatic carbocycles. The minimum atomic E-state index is -4.65. The van der Waals surface area contributed by atoms with Crippen molar-refractivity contribution >= 4 is 40.5 Å². The fourth-order valence-electron chi connectivity index (χ4n) is 4.06. The van der Waals surface area contributed by atoms with Gasteiger partial charge in [0, 0.05) is 29.8 Å². The number of rotatable bonds is 7. The second-order valence-electron chi connectivity index (χ2n) is 8.33. The number of hydrogen-bond donors (Lipinski definition) is 2. The molecule has 1 aromatic heterocycles. The number of alkyl halides is 3. The maximum Gasteiger partial charge on any atom is 0.522 e. The molecule has 1 heterocycles. The molecule has 0 radical (unpaired) electrons. The Kier molecular flexibility index (Phi) is 7.10. The highest BCUT2D eigenvalue weighted by atomic mass is 35.5.